The van der Waals surface area contributed by atoms with Crippen LogP contribution in [0, 0.1) is 5.92 Å². The lowest BCUT2D eigenvalue weighted by molar-refractivity contribution is -0.870. The van der Waals surface area contributed by atoms with Crippen LogP contribution in [0.15, 0.2) is 0 Å². The van der Waals surface area contributed by atoms with Gasteiger partial charge in [-0.3, -0.25) is 9.05 Å². The van der Waals surface area contributed by atoms with E-state index < -0.39 is 13.9 Å². The van der Waals surface area contributed by atoms with Gasteiger partial charge in [0.2, 0.25) is 0 Å². The monoisotopic (exact) mass is 621 g/mol. The molecule has 1 rings (SSSR count). The molecule has 2 N–H and O–H groups in total. The Morgan fingerprint density at radius 2 is 1.12 bits per heavy atom. The van der Waals surface area contributed by atoms with Crippen molar-refractivity contribution < 1.29 is 32.8 Å². The van der Waals surface area contributed by atoms with Gasteiger partial charge in [0.15, 0.2) is 0 Å². The number of aliphatic hydroxyl groups excluding tert-OH is 1. The molecule has 252 valence electrons. The molecule has 0 aromatic rings. The third-order valence-electron chi connectivity index (χ3n) is 8.59. The molecule has 2 atom stereocenters. The van der Waals surface area contributed by atoms with E-state index in [0.29, 0.717) is 6.61 Å². The van der Waals surface area contributed by atoms with E-state index in [1.807, 2.05) is 0 Å². The summed E-state index contributed by atoms with van der Waals surface area (Å²) in [5.41, 5.74) is 0. The van der Waals surface area contributed by atoms with E-state index in [0.717, 1.165) is 42.5 Å². The largest absolute Gasteiger partial charge is 0.472 e. The predicted molar refractivity (Wildman–Crippen MR) is 176 cm³/mol. The summed E-state index contributed by atoms with van der Waals surface area (Å²) in [7, 11) is 2.58. The van der Waals surface area contributed by atoms with Crippen LogP contribution in [0.1, 0.15) is 154 Å². The van der Waals surface area contributed by atoms with Gasteiger partial charge in [0, 0.05) is 6.61 Å². The molecule has 1 aliphatic rings. The van der Waals surface area contributed by atoms with Crippen molar-refractivity contribution in [3.63, 3.8) is 0 Å². The summed E-state index contributed by atoms with van der Waals surface area (Å²) in [6.07, 6.45) is 30.1. The Balaban J connectivity index is 1.80. The number of phosphoric ester groups is 1. The standard InChI is InChI=1S/C34H70NO6P/c1-35(2,3)28-22-15-11-7-9-13-17-24-30-40-42(37,38)41-32-34(36)31-39-29-23-16-12-8-5-4-6-10-14-19-25-33-26-20-18-21-27-33/h33-34,36H,4-32H2,1-3H3/p+1. The van der Waals surface area contributed by atoms with Crippen molar-refractivity contribution in [2.45, 2.75) is 160 Å². The van der Waals surface area contributed by atoms with E-state index >= 15 is 0 Å². The Hall–Kier alpha value is -0.0100. The summed E-state index contributed by atoms with van der Waals surface area (Å²) in [6, 6.07) is 0. The number of hydrogen-bond acceptors (Lipinski definition) is 5. The molecule has 0 aromatic heterocycles. The van der Waals surface area contributed by atoms with Crippen LogP contribution in [-0.4, -0.2) is 74.7 Å². The molecule has 0 spiro atoms. The van der Waals surface area contributed by atoms with Gasteiger partial charge in [-0.1, -0.05) is 128 Å². The zero-order valence-corrected chi connectivity index (χ0v) is 29.0. The summed E-state index contributed by atoms with van der Waals surface area (Å²) >= 11 is 0. The maximum atomic E-state index is 12.0. The molecule has 0 bridgehead atoms. The summed E-state index contributed by atoms with van der Waals surface area (Å²) in [4.78, 5) is 9.83. The van der Waals surface area contributed by atoms with Gasteiger partial charge in [-0.2, -0.15) is 0 Å². The lowest BCUT2D eigenvalue weighted by Gasteiger charge is -2.23. The van der Waals surface area contributed by atoms with Crippen molar-refractivity contribution in [1.82, 2.24) is 0 Å². The predicted octanol–water partition coefficient (Wildman–Crippen LogP) is 9.20. The van der Waals surface area contributed by atoms with Crippen LogP contribution >= 0.6 is 7.82 Å². The minimum absolute atomic E-state index is 0.107. The second-order valence-corrected chi connectivity index (χ2v) is 15.5. The van der Waals surface area contributed by atoms with Gasteiger partial charge in [0.25, 0.3) is 0 Å². The minimum atomic E-state index is -4.13. The van der Waals surface area contributed by atoms with E-state index in [1.165, 1.54) is 129 Å². The zero-order valence-electron chi connectivity index (χ0n) is 28.1. The van der Waals surface area contributed by atoms with Crippen molar-refractivity contribution in [3.05, 3.63) is 0 Å². The van der Waals surface area contributed by atoms with Crippen LogP contribution in [0.2, 0.25) is 0 Å². The lowest BCUT2D eigenvalue weighted by atomic mass is 9.85. The van der Waals surface area contributed by atoms with E-state index in [4.69, 9.17) is 13.8 Å². The van der Waals surface area contributed by atoms with Gasteiger partial charge in [-0.15, -0.1) is 0 Å². The molecular formula is C34H71NO6P+. The molecular weight excluding hydrogens is 549 g/mol. The zero-order chi connectivity index (χ0) is 30.8. The highest BCUT2D eigenvalue weighted by Crippen LogP contribution is 2.43. The average Bonchev–Trinajstić information content (AvgIpc) is 2.95. The summed E-state index contributed by atoms with van der Waals surface area (Å²) < 4.78 is 28.6. The molecule has 0 heterocycles. The summed E-state index contributed by atoms with van der Waals surface area (Å²) in [5, 5.41) is 10.0. The van der Waals surface area contributed by atoms with Crippen LogP contribution in [-0.2, 0) is 18.3 Å². The number of unbranched alkanes of at least 4 members (excludes halogenated alkanes) is 16. The number of nitrogens with zero attached hydrogens (tertiary/aromatic N) is 1. The summed E-state index contributed by atoms with van der Waals surface area (Å²) in [6.45, 7) is 1.87. The fraction of sp³-hybridized carbons (Fsp3) is 1.00. The van der Waals surface area contributed by atoms with E-state index in [-0.39, 0.29) is 19.8 Å². The smallest absolute Gasteiger partial charge is 0.388 e. The molecule has 0 aliphatic heterocycles. The van der Waals surface area contributed by atoms with Gasteiger partial charge in [-0.05, 0) is 31.6 Å². The molecule has 0 radical (unpaired) electrons. The molecule has 0 saturated heterocycles. The number of aliphatic hydroxyl groups is 1. The van der Waals surface area contributed by atoms with Crippen LogP contribution in [0.25, 0.3) is 0 Å². The molecule has 8 heteroatoms. The van der Waals surface area contributed by atoms with Crippen molar-refractivity contribution >= 4 is 7.82 Å². The van der Waals surface area contributed by atoms with Crippen molar-refractivity contribution in [3.8, 4) is 0 Å². The summed E-state index contributed by atoms with van der Waals surface area (Å²) in [5.74, 6) is 1.04. The van der Waals surface area contributed by atoms with Gasteiger partial charge in [0.05, 0.1) is 47.5 Å². The van der Waals surface area contributed by atoms with Gasteiger partial charge >= 0.3 is 7.82 Å². The second-order valence-electron chi connectivity index (χ2n) is 14.0. The van der Waals surface area contributed by atoms with E-state index in [2.05, 4.69) is 21.1 Å². The first kappa shape index (κ1) is 40.0. The number of rotatable bonds is 30. The van der Waals surface area contributed by atoms with Crippen molar-refractivity contribution in [2.24, 2.45) is 5.92 Å². The van der Waals surface area contributed by atoms with Gasteiger partial charge in [-0.25, -0.2) is 4.57 Å². The second kappa shape index (κ2) is 26.2. The fourth-order valence-electron chi connectivity index (χ4n) is 5.94. The number of ether oxygens (including phenoxy) is 1. The van der Waals surface area contributed by atoms with Crippen LogP contribution in [0.3, 0.4) is 0 Å². The Morgan fingerprint density at radius 1 is 0.643 bits per heavy atom. The molecule has 7 nitrogen and oxygen atoms in total. The molecule has 0 amide bonds. The van der Waals surface area contributed by atoms with Crippen molar-refractivity contribution in [2.75, 3.05) is 54.1 Å². The first-order valence-corrected chi connectivity index (χ1v) is 19.4. The molecule has 1 saturated carbocycles. The molecule has 42 heavy (non-hydrogen) atoms. The quantitative estimate of drug-likeness (QED) is 0.0473. The molecule has 2 unspecified atom stereocenters. The Bertz CT molecular complexity index is 638. The van der Waals surface area contributed by atoms with Crippen LogP contribution < -0.4 is 0 Å². The van der Waals surface area contributed by atoms with E-state index in [1.54, 1.807) is 0 Å². The molecule has 1 fully saturated rings. The normalized spacial score (nSPS) is 17.0. The SMILES string of the molecule is C[N+](C)(C)CCCCCCCCCCOP(=O)(O)OCC(O)COCCCCCCCCCCCCC1CCCCC1. The maximum Gasteiger partial charge on any atom is 0.472 e. The number of phosphoric acid groups is 1. The van der Waals surface area contributed by atoms with Crippen LogP contribution in [0.4, 0.5) is 0 Å². The first-order chi connectivity index (χ1) is 20.2. The average molecular weight is 621 g/mol. The topological polar surface area (TPSA) is 85.2 Å². The van der Waals surface area contributed by atoms with E-state index in [9.17, 15) is 14.6 Å². The Kier molecular flexibility index (Phi) is 25.0. The minimum Gasteiger partial charge on any atom is -0.388 e. The number of hydrogen-bond donors (Lipinski definition) is 2. The third kappa shape index (κ3) is 27.5. The molecule has 1 aliphatic carbocycles. The van der Waals surface area contributed by atoms with Gasteiger partial charge in [0.1, 0.15) is 6.10 Å². The Labute approximate surface area is 260 Å². The Morgan fingerprint density at radius 3 is 1.67 bits per heavy atom. The fourth-order valence-corrected chi connectivity index (χ4v) is 6.74. The lowest BCUT2D eigenvalue weighted by Crippen LogP contribution is -2.35. The highest BCUT2D eigenvalue weighted by atomic mass is 31.2. The highest BCUT2D eigenvalue weighted by molar-refractivity contribution is 7.47. The first-order valence-electron chi connectivity index (χ1n) is 17.9. The third-order valence-corrected chi connectivity index (χ3v) is 9.58. The maximum absolute atomic E-state index is 12.0. The van der Waals surface area contributed by atoms with Gasteiger partial charge < -0.3 is 19.2 Å². The highest BCUT2D eigenvalue weighted by Gasteiger charge is 2.22. The van der Waals surface area contributed by atoms with Crippen molar-refractivity contribution in [1.29, 1.82) is 0 Å². The number of quaternary nitrogens is 1. The molecule has 0 aromatic carbocycles. The van der Waals surface area contributed by atoms with Crippen LogP contribution in [0.5, 0.6) is 0 Å².